The van der Waals surface area contributed by atoms with E-state index in [2.05, 4.69) is 27.4 Å². The molecule has 2 fully saturated rings. The van der Waals surface area contributed by atoms with E-state index >= 15 is 0 Å². The number of hydrogen-bond donors (Lipinski definition) is 3. The SMILES string of the molecule is CCNC(=NCC(O)c1ccc(Cl)cc1)NC1CCN(C2CC2)CC1.I. The molecular formula is C19H30ClIN4O. The molecule has 26 heavy (non-hydrogen) atoms. The zero-order chi connectivity index (χ0) is 17.6. The predicted molar refractivity (Wildman–Crippen MR) is 119 cm³/mol. The third kappa shape index (κ3) is 6.55. The van der Waals surface area contributed by atoms with Crippen molar-refractivity contribution >= 4 is 41.5 Å². The summed E-state index contributed by atoms with van der Waals surface area (Å²) in [5, 5.41) is 17.8. The predicted octanol–water partition coefficient (Wildman–Crippen LogP) is 3.17. The summed E-state index contributed by atoms with van der Waals surface area (Å²) in [6.45, 7) is 5.55. The summed E-state index contributed by atoms with van der Waals surface area (Å²) in [6, 6.07) is 8.59. The number of benzene rings is 1. The fourth-order valence-electron chi connectivity index (χ4n) is 3.33. The zero-order valence-corrected chi connectivity index (χ0v) is 18.4. The summed E-state index contributed by atoms with van der Waals surface area (Å²) in [5.74, 6) is 0.792. The van der Waals surface area contributed by atoms with Gasteiger partial charge in [-0.05, 0) is 50.3 Å². The van der Waals surface area contributed by atoms with Gasteiger partial charge in [-0.1, -0.05) is 23.7 Å². The molecule has 146 valence electrons. The molecule has 0 aromatic heterocycles. The number of aliphatic hydroxyl groups excluding tert-OH is 1. The standard InChI is InChI=1S/C19H29ClN4O.HI/c1-2-21-19(22-13-18(25)14-3-5-15(20)6-4-14)23-16-9-11-24(12-10-16)17-7-8-17;/h3-6,16-18,25H,2,7-13H2,1H3,(H2,21,22,23);1H. The molecule has 1 unspecified atom stereocenters. The van der Waals surface area contributed by atoms with E-state index in [-0.39, 0.29) is 24.0 Å². The second kappa shape index (κ2) is 10.7. The Hall–Kier alpha value is -0.570. The summed E-state index contributed by atoms with van der Waals surface area (Å²) >= 11 is 5.89. The molecule has 1 saturated carbocycles. The largest absolute Gasteiger partial charge is 0.386 e. The highest BCUT2D eigenvalue weighted by Gasteiger charge is 2.31. The Labute approximate surface area is 178 Å². The van der Waals surface area contributed by atoms with Crippen molar-refractivity contribution in [2.45, 2.75) is 50.8 Å². The fraction of sp³-hybridized carbons (Fsp3) is 0.632. The highest BCUT2D eigenvalue weighted by molar-refractivity contribution is 14.0. The molecule has 1 atom stereocenters. The number of guanidine groups is 1. The lowest BCUT2D eigenvalue weighted by atomic mass is 10.1. The summed E-state index contributed by atoms with van der Waals surface area (Å²) in [4.78, 5) is 7.19. The quantitative estimate of drug-likeness (QED) is 0.324. The molecule has 1 heterocycles. The Morgan fingerprint density at radius 3 is 2.46 bits per heavy atom. The van der Waals surface area contributed by atoms with Gasteiger partial charge in [0.2, 0.25) is 0 Å². The van der Waals surface area contributed by atoms with Gasteiger partial charge in [-0.15, -0.1) is 24.0 Å². The van der Waals surface area contributed by atoms with Crippen molar-refractivity contribution in [1.29, 1.82) is 0 Å². The average molecular weight is 493 g/mol. The van der Waals surface area contributed by atoms with Gasteiger partial charge < -0.3 is 20.6 Å². The Bertz CT molecular complexity index is 571. The number of aliphatic hydroxyl groups is 1. The molecule has 0 amide bonds. The molecule has 0 spiro atoms. The Kier molecular flexibility index (Phi) is 8.93. The van der Waals surface area contributed by atoms with E-state index in [0.717, 1.165) is 37.0 Å². The van der Waals surface area contributed by atoms with Gasteiger partial charge in [0.15, 0.2) is 5.96 Å². The summed E-state index contributed by atoms with van der Waals surface area (Å²) in [7, 11) is 0. The summed E-state index contributed by atoms with van der Waals surface area (Å²) < 4.78 is 0. The van der Waals surface area contributed by atoms with Gasteiger partial charge >= 0.3 is 0 Å². The second-order valence-electron chi connectivity index (χ2n) is 6.97. The number of aliphatic imine (C=N–C) groups is 1. The van der Waals surface area contributed by atoms with Crippen LogP contribution in [0.4, 0.5) is 0 Å². The molecule has 1 aliphatic heterocycles. The van der Waals surface area contributed by atoms with Crippen molar-refractivity contribution in [2.75, 3.05) is 26.2 Å². The first-order valence-electron chi connectivity index (χ1n) is 9.38. The topological polar surface area (TPSA) is 59.9 Å². The minimum atomic E-state index is -0.621. The van der Waals surface area contributed by atoms with Gasteiger partial charge in [-0.3, -0.25) is 4.99 Å². The van der Waals surface area contributed by atoms with Gasteiger partial charge in [0, 0.05) is 36.7 Å². The first-order chi connectivity index (χ1) is 12.2. The average Bonchev–Trinajstić information content (AvgIpc) is 3.46. The van der Waals surface area contributed by atoms with Crippen LogP contribution in [0.2, 0.25) is 5.02 Å². The number of likely N-dealkylation sites (tertiary alicyclic amines) is 1. The van der Waals surface area contributed by atoms with E-state index in [9.17, 15) is 5.11 Å². The molecule has 2 aliphatic rings. The Morgan fingerprint density at radius 2 is 1.88 bits per heavy atom. The smallest absolute Gasteiger partial charge is 0.191 e. The molecule has 5 nitrogen and oxygen atoms in total. The number of nitrogens with one attached hydrogen (secondary N) is 2. The normalized spacial score (nSPS) is 20.3. The van der Waals surface area contributed by atoms with E-state index < -0.39 is 6.10 Å². The molecule has 1 aromatic carbocycles. The fourth-order valence-corrected chi connectivity index (χ4v) is 3.46. The van der Waals surface area contributed by atoms with Crippen LogP contribution in [0.15, 0.2) is 29.3 Å². The van der Waals surface area contributed by atoms with Crippen LogP contribution in [0.5, 0.6) is 0 Å². The van der Waals surface area contributed by atoms with Crippen LogP contribution in [0.3, 0.4) is 0 Å². The minimum Gasteiger partial charge on any atom is -0.386 e. The van der Waals surface area contributed by atoms with Crippen LogP contribution < -0.4 is 10.6 Å². The maximum Gasteiger partial charge on any atom is 0.191 e. The lowest BCUT2D eigenvalue weighted by Gasteiger charge is -2.33. The van der Waals surface area contributed by atoms with Crippen molar-refractivity contribution in [3.05, 3.63) is 34.9 Å². The Morgan fingerprint density at radius 1 is 1.23 bits per heavy atom. The van der Waals surface area contributed by atoms with Crippen molar-refractivity contribution in [3.63, 3.8) is 0 Å². The van der Waals surface area contributed by atoms with Gasteiger partial charge in [0.05, 0.1) is 12.6 Å². The molecule has 1 saturated heterocycles. The number of piperidine rings is 1. The van der Waals surface area contributed by atoms with Crippen LogP contribution in [0.1, 0.15) is 44.3 Å². The van der Waals surface area contributed by atoms with E-state index in [0.29, 0.717) is 17.6 Å². The number of nitrogens with zero attached hydrogens (tertiary/aromatic N) is 2. The summed E-state index contributed by atoms with van der Waals surface area (Å²) in [6.07, 6.45) is 4.45. The molecule has 3 rings (SSSR count). The van der Waals surface area contributed by atoms with Crippen LogP contribution in [0.25, 0.3) is 0 Å². The van der Waals surface area contributed by atoms with Gasteiger partial charge in [0.1, 0.15) is 0 Å². The highest BCUT2D eigenvalue weighted by Crippen LogP contribution is 2.29. The van der Waals surface area contributed by atoms with Gasteiger partial charge in [-0.2, -0.15) is 0 Å². The van der Waals surface area contributed by atoms with E-state index in [1.165, 1.54) is 25.9 Å². The number of halogens is 2. The minimum absolute atomic E-state index is 0. The third-order valence-electron chi connectivity index (χ3n) is 4.96. The maximum atomic E-state index is 10.3. The third-order valence-corrected chi connectivity index (χ3v) is 5.21. The highest BCUT2D eigenvalue weighted by atomic mass is 127. The molecule has 1 aliphatic carbocycles. The van der Waals surface area contributed by atoms with Crippen molar-refractivity contribution in [3.8, 4) is 0 Å². The van der Waals surface area contributed by atoms with Gasteiger partial charge in [-0.25, -0.2) is 0 Å². The number of hydrogen-bond acceptors (Lipinski definition) is 3. The van der Waals surface area contributed by atoms with Crippen molar-refractivity contribution < 1.29 is 5.11 Å². The molecule has 7 heteroatoms. The van der Waals surface area contributed by atoms with E-state index in [1.54, 1.807) is 12.1 Å². The first-order valence-corrected chi connectivity index (χ1v) is 9.76. The van der Waals surface area contributed by atoms with Crippen molar-refractivity contribution in [2.24, 2.45) is 4.99 Å². The number of rotatable bonds is 6. The summed E-state index contributed by atoms with van der Waals surface area (Å²) in [5.41, 5.74) is 0.835. The lowest BCUT2D eigenvalue weighted by molar-refractivity contribution is 0.186. The zero-order valence-electron chi connectivity index (χ0n) is 15.3. The molecule has 1 aromatic rings. The second-order valence-corrected chi connectivity index (χ2v) is 7.41. The molecule has 0 radical (unpaired) electrons. The van der Waals surface area contributed by atoms with Crippen molar-refractivity contribution in [1.82, 2.24) is 15.5 Å². The maximum absolute atomic E-state index is 10.3. The van der Waals surface area contributed by atoms with Crippen LogP contribution >= 0.6 is 35.6 Å². The van der Waals surface area contributed by atoms with Crippen LogP contribution in [-0.2, 0) is 0 Å². The van der Waals surface area contributed by atoms with Gasteiger partial charge in [0.25, 0.3) is 0 Å². The molecule has 0 bridgehead atoms. The lowest BCUT2D eigenvalue weighted by Crippen LogP contribution is -2.49. The van der Waals surface area contributed by atoms with Crippen LogP contribution in [-0.4, -0.2) is 54.2 Å². The first kappa shape index (κ1) is 21.7. The Balaban J connectivity index is 0.00000243. The van der Waals surface area contributed by atoms with E-state index in [4.69, 9.17) is 11.6 Å². The van der Waals surface area contributed by atoms with E-state index in [1.807, 2.05) is 12.1 Å². The van der Waals surface area contributed by atoms with Crippen LogP contribution in [0, 0.1) is 0 Å². The molecular weight excluding hydrogens is 463 g/mol. The monoisotopic (exact) mass is 492 g/mol. The molecule has 3 N–H and O–H groups in total.